The third-order valence-electron chi connectivity index (χ3n) is 3.46. The number of ether oxygens (including phenoxy) is 1. The molecular weight excluding hydrogens is 218 g/mol. The molecule has 1 aliphatic rings. The van der Waals surface area contributed by atoms with Crippen molar-refractivity contribution in [3.05, 3.63) is 5.82 Å². The predicted molar refractivity (Wildman–Crippen MR) is 65.8 cm³/mol. The lowest BCUT2D eigenvalue weighted by atomic mass is 9.97. The number of nitrogens with two attached hydrogens (primary N) is 1. The van der Waals surface area contributed by atoms with Crippen LogP contribution in [0.3, 0.4) is 0 Å². The predicted octanol–water partition coefficient (Wildman–Crippen LogP) is 0.687. The minimum absolute atomic E-state index is 0.0437. The quantitative estimate of drug-likeness (QED) is 0.808. The molecule has 96 valence electrons. The van der Waals surface area contributed by atoms with Gasteiger partial charge in [-0.1, -0.05) is 0 Å². The van der Waals surface area contributed by atoms with Crippen LogP contribution in [-0.4, -0.2) is 41.9 Å². The average molecular weight is 239 g/mol. The van der Waals surface area contributed by atoms with Crippen molar-refractivity contribution in [2.75, 3.05) is 31.6 Å². The van der Waals surface area contributed by atoms with Crippen LogP contribution in [0.15, 0.2) is 0 Å². The largest absolute Gasteiger partial charge is 0.374 e. The highest BCUT2D eigenvalue weighted by atomic mass is 16.5. The molecule has 1 unspecified atom stereocenters. The lowest BCUT2D eigenvalue weighted by Crippen LogP contribution is -2.36. The van der Waals surface area contributed by atoms with Crippen LogP contribution >= 0.6 is 0 Å². The first-order valence-corrected chi connectivity index (χ1v) is 6.14. The van der Waals surface area contributed by atoms with E-state index in [-0.39, 0.29) is 6.10 Å². The first-order chi connectivity index (χ1) is 8.24. The van der Waals surface area contributed by atoms with E-state index < -0.39 is 0 Å². The summed E-state index contributed by atoms with van der Waals surface area (Å²) >= 11 is 0. The SMILES string of the molecule is COC(C)c1nc(N2CCC(CN)CC2)n[nH]1. The molecule has 0 aromatic carbocycles. The molecule has 3 N–H and O–H groups in total. The molecule has 6 heteroatoms. The van der Waals surface area contributed by atoms with Gasteiger partial charge in [-0.3, -0.25) is 5.10 Å². The van der Waals surface area contributed by atoms with Gasteiger partial charge in [-0.2, -0.15) is 4.98 Å². The van der Waals surface area contributed by atoms with E-state index >= 15 is 0 Å². The molecule has 1 atom stereocenters. The Labute approximate surface area is 102 Å². The van der Waals surface area contributed by atoms with Crippen molar-refractivity contribution in [3.8, 4) is 0 Å². The van der Waals surface area contributed by atoms with E-state index in [1.165, 1.54) is 0 Å². The van der Waals surface area contributed by atoms with Crippen LogP contribution in [0.25, 0.3) is 0 Å². The molecule has 2 rings (SSSR count). The number of anilines is 1. The molecule has 6 nitrogen and oxygen atoms in total. The number of H-pyrrole nitrogens is 1. The van der Waals surface area contributed by atoms with Gasteiger partial charge >= 0.3 is 0 Å². The minimum Gasteiger partial charge on any atom is -0.374 e. The van der Waals surface area contributed by atoms with Gasteiger partial charge in [0.05, 0.1) is 0 Å². The second-order valence-corrected chi connectivity index (χ2v) is 4.56. The van der Waals surface area contributed by atoms with Gasteiger partial charge in [-0.25, -0.2) is 0 Å². The first-order valence-electron chi connectivity index (χ1n) is 6.14. The van der Waals surface area contributed by atoms with Crippen LogP contribution in [0.4, 0.5) is 5.95 Å². The minimum atomic E-state index is -0.0437. The van der Waals surface area contributed by atoms with Gasteiger partial charge in [0.1, 0.15) is 6.10 Å². The third-order valence-corrected chi connectivity index (χ3v) is 3.46. The number of aromatic nitrogens is 3. The van der Waals surface area contributed by atoms with E-state index in [9.17, 15) is 0 Å². The average Bonchev–Trinajstić information content (AvgIpc) is 2.87. The monoisotopic (exact) mass is 239 g/mol. The molecule has 1 aromatic rings. The zero-order valence-electron chi connectivity index (χ0n) is 10.5. The highest BCUT2D eigenvalue weighted by molar-refractivity contribution is 5.29. The Kier molecular flexibility index (Phi) is 3.96. The van der Waals surface area contributed by atoms with E-state index in [1.54, 1.807) is 7.11 Å². The number of hydrogen-bond donors (Lipinski definition) is 2. The molecule has 0 bridgehead atoms. The van der Waals surface area contributed by atoms with Crippen molar-refractivity contribution < 1.29 is 4.74 Å². The summed E-state index contributed by atoms with van der Waals surface area (Å²) in [5, 5.41) is 7.16. The van der Waals surface area contributed by atoms with Crippen LogP contribution in [0, 0.1) is 5.92 Å². The van der Waals surface area contributed by atoms with Gasteiger partial charge in [0.2, 0.25) is 5.95 Å². The second-order valence-electron chi connectivity index (χ2n) is 4.56. The fourth-order valence-electron chi connectivity index (χ4n) is 2.07. The summed E-state index contributed by atoms with van der Waals surface area (Å²) in [4.78, 5) is 6.66. The van der Waals surface area contributed by atoms with Crippen molar-refractivity contribution >= 4 is 5.95 Å². The van der Waals surface area contributed by atoms with Gasteiger partial charge in [0.25, 0.3) is 0 Å². The van der Waals surface area contributed by atoms with E-state index in [0.29, 0.717) is 5.92 Å². The molecule has 1 saturated heterocycles. The lowest BCUT2D eigenvalue weighted by Gasteiger charge is -2.30. The maximum absolute atomic E-state index is 5.68. The number of piperidine rings is 1. The molecule has 1 aliphatic heterocycles. The van der Waals surface area contributed by atoms with E-state index in [4.69, 9.17) is 10.5 Å². The Bertz CT molecular complexity index is 345. The highest BCUT2D eigenvalue weighted by Crippen LogP contribution is 2.21. The molecule has 17 heavy (non-hydrogen) atoms. The number of methoxy groups -OCH3 is 1. The Morgan fingerprint density at radius 3 is 2.82 bits per heavy atom. The second kappa shape index (κ2) is 5.46. The summed E-state index contributed by atoms with van der Waals surface area (Å²) in [6, 6.07) is 0. The summed E-state index contributed by atoms with van der Waals surface area (Å²) in [5.41, 5.74) is 5.68. The number of hydrogen-bond acceptors (Lipinski definition) is 5. The van der Waals surface area contributed by atoms with Crippen LogP contribution < -0.4 is 10.6 Å². The molecule has 0 radical (unpaired) electrons. The Balaban J connectivity index is 1.97. The van der Waals surface area contributed by atoms with Gasteiger partial charge in [0, 0.05) is 20.2 Å². The van der Waals surface area contributed by atoms with E-state index in [0.717, 1.165) is 44.2 Å². The zero-order chi connectivity index (χ0) is 12.3. The van der Waals surface area contributed by atoms with Crippen molar-refractivity contribution in [1.82, 2.24) is 15.2 Å². The molecular formula is C11H21N5O. The third kappa shape index (κ3) is 2.76. The van der Waals surface area contributed by atoms with Crippen LogP contribution in [0.5, 0.6) is 0 Å². The van der Waals surface area contributed by atoms with E-state index in [2.05, 4.69) is 20.1 Å². The highest BCUT2D eigenvalue weighted by Gasteiger charge is 2.21. The summed E-state index contributed by atoms with van der Waals surface area (Å²) in [5.74, 6) is 2.21. The van der Waals surface area contributed by atoms with Crippen LogP contribution in [0.1, 0.15) is 31.7 Å². The number of rotatable bonds is 4. The van der Waals surface area contributed by atoms with Crippen LogP contribution in [-0.2, 0) is 4.74 Å². The van der Waals surface area contributed by atoms with Gasteiger partial charge in [-0.15, -0.1) is 5.10 Å². The van der Waals surface area contributed by atoms with Crippen molar-refractivity contribution in [2.45, 2.75) is 25.9 Å². The van der Waals surface area contributed by atoms with E-state index in [1.807, 2.05) is 6.92 Å². The summed E-state index contributed by atoms with van der Waals surface area (Å²) in [6.45, 7) is 4.71. The van der Waals surface area contributed by atoms with Crippen molar-refractivity contribution in [1.29, 1.82) is 0 Å². The Hall–Kier alpha value is -1.14. The summed E-state index contributed by atoms with van der Waals surface area (Å²) in [7, 11) is 1.67. The Morgan fingerprint density at radius 2 is 2.24 bits per heavy atom. The molecule has 0 aliphatic carbocycles. The smallest absolute Gasteiger partial charge is 0.244 e. The van der Waals surface area contributed by atoms with Crippen LogP contribution in [0.2, 0.25) is 0 Å². The maximum Gasteiger partial charge on any atom is 0.244 e. The molecule has 0 spiro atoms. The number of aromatic amines is 1. The molecule has 1 fully saturated rings. The fraction of sp³-hybridized carbons (Fsp3) is 0.818. The molecule has 1 aromatic heterocycles. The molecule has 2 heterocycles. The number of nitrogens with one attached hydrogen (secondary N) is 1. The Morgan fingerprint density at radius 1 is 1.53 bits per heavy atom. The van der Waals surface area contributed by atoms with Crippen molar-refractivity contribution in [3.63, 3.8) is 0 Å². The first kappa shape index (κ1) is 12.3. The van der Waals surface area contributed by atoms with Gasteiger partial charge < -0.3 is 15.4 Å². The lowest BCUT2D eigenvalue weighted by molar-refractivity contribution is 0.112. The normalized spacial score (nSPS) is 19.6. The van der Waals surface area contributed by atoms with Gasteiger partial charge in [0.15, 0.2) is 5.82 Å². The number of nitrogens with zero attached hydrogens (tertiary/aromatic N) is 3. The zero-order valence-corrected chi connectivity index (χ0v) is 10.5. The van der Waals surface area contributed by atoms with Gasteiger partial charge in [-0.05, 0) is 32.2 Å². The standard InChI is InChI=1S/C11H21N5O/c1-8(17-2)10-13-11(15-14-10)16-5-3-9(7-12)4-6-16/h8-9H,3-7,12H2,1-2H3,(H,13,14,15). The molecule has 0 amide bonds. The van der Waals surface area contributed by atoms with Crippen molar-refractivity contribution in [2.24, 2.45) is 11.7 Å². The fourth-order valence-corrected chi connectivity index (χ4v) is 2.07. The topological polar surface area (TPSA) is 80.1 Å². The molecule has 0 saturated carbocycles. The maximum atomic E-state index is 5.68. The summed E-state index contributed by atoms with van der Waals surface area (Å²) < 4.78 is 5.20. The summed E-state index contributed by atoms with van der Waals surface area (Å²) in [6.07, 6.45) is 2.21.